The van der Waals surface area contributed by atoms with E-state index in [0.29, 0.717) is 11.8 Å². The number of hydrogen-bond acceptors (Lipinski definition) is 3. The van der Waals surface area contributed by atoms with E-state index >= 15 is 0 Å². The van der Waals surface area contributed by atoms with E-state index in [-0.39, 0.29) is 17.5 Å². The Morgan fingerprint density at radius 1 is 1.04 bits per heavy atom. The number of fused-ring (bicyclic) bond motifs is 1. The summed E-state index contributed by atoms with van der Waals surface area (Å²) >= 11 is 0. The average Bonchev–Trinajstić information content (AvgIpc) is 3.20. The van der Waals surface area contributed by atoms with Crippen LogP contribution in [0.4, 0.5) is 0 Å². The van der Waals surface area contributed by atoms with Crippen LogP contribution in [0, 0.1) is 11.8 Å². The van der Waals surface area contributed by atoms with Crippen molar-refractivity contribution in [3.63, 3.8) is 0 Å². The molecule has 4 rings (SSSR count). The first-order chi connectivity index (χ1) is 13.0. The van der Waals surface area contributed by atoms with Gasteiger partial charge in [0.05, 0.1) is 6.04 Å². The number of likely N-dealkylation sites (tertiary alicyclic amines) is 3. The van der Waals surface area contributed by atoms with Crippen molar-refractivity contribution in [2.75, 3.05) is 39.3 Å². The van der Waals surface area contributed by atoms with Gasteiger partial charge in [-0.25, -0.2) is 0 Å². The fraction of sp³-hybridized carbons (Fsp3) is 0.696. The Hall–Kier alpha value is -1.39. The number of rotatable bonds is 4. The Kier molecular flexibility index (Phi) is 5.30. The van der Waals surface area contributed by atoms with E-state index in [2.05, 4.69) is 58.9 Å². The minimum Gasteiger partial charge on any atom is -0.335 e. The Balaban J connectivity index is 1.47. The van der Waals surface area contributed by atoms with Crippen LogP contribution in [-0.2, 0) is 4.79 Å². The molecule has 0 radical (unpaired) electrons. The standard InChI is InChI=1S/C23H35N3O/c1-18(27)26-15-20-14-24(17-23(2,3)25-12-8-5-9-13-25)16-21(20)22(26)19-10-6-4-7-11-19/h4,6-7,10-11,20-22H,5,8-9,12-17H2,1-3H3/t20-,21-,22-/m1/s1. The Labute approximate surface area is 164 Å². The highest BCUT2D eigenvalue weighted by atomic mass is 16.2. The molecular weight excluding hydrogens is 334 g/mol. The van der Waals surface area contributed by atoms with Gasteiger partial charge in [0.25, 0.3) is 0 Å². The number of carbonyl (C=O) groups excluding carboxylic acids is 1. The number of carbonyl (C=O) groups is 1. The molecule has 4 heteroatoms. The maximum atomic E-state index is 12.3. The molecule has 0 N–H and O–H groups in total. The molecular formula is C23H35N3O. The van der Waals surface area contributed by atoms with E-state index in [1.54, 1.807) is 6.92 Å². The van der Waals surface area contributed by atoms with Crippen LogP contribution in [0.5, 0.6) is 0 Å². The van der Waals surface area contributed by atoms with Gasteiger partial charge in [-0.2, -0.15) is 0 Å². The lowest BCUT2D eigenvalue weighted by Gasteiger charge is -2.43. The van der Waals surface area contributed by atoms with Crippen LogP contribution < -0.4 is 0 Å². The molecule has 1 aromatic carbocycles. The molecule has 3 heterocycles. The van der Waals surface area contributed by atoms with E-state index < -0.39 is 0 Å². The third-order valence-electron chi connectivity index (χ3n) is 7.11. The van der Waals surface area contributed by atoms with Crippen LogP contribution in [0.15, 0.2) is 30.3 Å². The number of hydrogen-bond donors (Lipinski definition) is 0. The van der Waals surface area contributed by atoms with Crippen LogP contribution in [0.2, 0.25) is 0 Å². The summed E-state index contributed by atoms with van der Waals surface area (Å²) in [7, 11) is 0. The van der Waals surface area contributed by atoms with E-state index in [1.807, 2.05) is 0 Å². The predicted molar refractivity (Wildman–Crippen MR) is 109 cm³/mol. The molecule has 1 aromatic rings. The van der Waals surface area contributed by atoms with Gasteiger partial charge in [-0.3, -0.25) is 9.69 Å². The molecule has 0 saturated carbocycles. The van der Waals surface area contributed by atoms with Gasteiger partial charge in [-0.15, -0.1) is 0 Å². The zero-order valence-electron chi connectivity index (χ0n) is 17.2. The molecule has 1 amide bonds. The van der Waals surface area contributed by atoms with E-state index in [9.17, 15) is 4.79 Å². The van der Waals surface area contributed by atoms with Crippen molar-refractivity contribution < 1.29 is 4.79 Å². The molecule has 3 fully saturated rings. The normalized spacial score (nSPS) is 29.9. The fourth-order valence-corrected chi connectivity index (χ4v) is 5.81. The second-order valence-electron chi connectivity index (χ2n) is 9.51. The SMILES string of the molecule is CC(=O)N1C[C@H]2CN(CC(C)(C)N3CCCCC3)C[C@H]2[C@H]1c1ccccc1. The lowest BCUT2D eigenvalue weighted by molar-refractivity contribution is -0.130. The largest absolute Gasteiger partial charge is 0.335 e. The molecule has 3 aliphatic heterocycles. The number of benzene rings is 1. The molecule has 0 bridgehead atoms. The van der Waals surface area contributed by atoms with Gasteiger partial charge in [-0.1, -0.05) is 36.8 Å². The Morgan fingerprint density at radius 2 is 1.74 bits per heavy atom. The number of amides is 1. The van der Waals surface area contributed by atoms with Crippen molar-refractivity contribution in [3.05, 3.63) is 35.9 Å². The molecule has 4 nitrogen and oxygen atoms in total. The highest BCUT2D eigenvalue weighted by Gasteiger charge is 2.49. The van der Waals surface area contributed by atoms with Crippen LogP contribution >= 0.6 is 0 Å². The molecule has 0 aliphatic carbocycles. The maximum Gasteiger partial charge on any atom is 0.219 e. The summed E-state index contributed by atoms with van der Waals surface area (Å²) in [6.07, 6.45) is 4.08. The molecule has 0 aromatic heterocycles. The topological polar surface area (TPSA) is 26.8 Å². The lowest BCUT2D eigenvalue weighted by atomic mass is 9.89. The first-order valence-electron chi connectivity index (χ1n) is 10.8. The predicted octanol–water partition coefficient (Wildman–Crippen LogP) is 3.40. The van der Waals surface area contributed by atoms with Gasteiger partial charge in [0.2, 0.25) is 5.91 Å². The third kappa shape index (κ3) is 3.79. The number of nitrogens with zero attached hydrogens (tertiary/aromatic N) is 3. The zero-order valence-corrected chi connectivity index (χ0v) is 17.2. The Morgan fingerprint density at radius 3 is 2.41 bits per heavy atom. The quantitative estimate of drug-likeness (QED) is 0.814. The van der Waals surface area contributed by atoms with Crippen LogP contribution in [0.1, 0.15) is 51.6 Å². The third-order valence-corrected chi connectivity index (χ3v) is 7.11. The maximum absolute atomic E-state index is 12.3. The molecule has 3 saturated heterocycles. The molecule has 0 unspecified atom stereocenters. The minimum absolute atomic E-state index is 0.221. The lowest BCUT2D eigenvalue weighted by Crippen LogP contribution is -2.53. The van der Waals surface area contributed by atoms with Crippen LogP contribution in [-0.4, -0.2) is 65.4 Å². The molecule has 3 aliphatic rings. The van der Waals surface area contributed by atoms with Crippen molar-refractivity contribution in [2.24, 2.45) is 11.8 Å². The van der Waals surface area contributed by atoms with Gasteiger partial charge in [0.15, 0.2) is 0 Å². The second kappa shape index (κ2) is 7.56. The summed E-state index contributed by atoms with van der Waals surface area (Å²) in [6.45, 7) is 13.4. The van der Waals surface area contributed by atoms with Crippen molar-refractivity contribution in [3.8, 4) is 0 Å². The second-order valence-corrected chi connectivity index (χ2v) is 9.51. The molecule has 3 atom stereocenters. The molecule has 0 spiro atoms. The van der Waals surface area contributed by atoms with Gasteiger partial charge in [0.1, 0.15) is 0 Å². The van der Waals surface area contributed by atoms with Gasteiger partial charge < -0.3 is 9.80 Å². The minimum atomic E-state index is 0.221. The first-order valence-corrected chi connectivity index (χ1v) is 10.8. The molecule has 27 heavy (non-hydrogen) atoms. The zero-order chi connectivity index (χ0) is 19.0. The summed E-state index contributed by atoms with van der Waals surface area (Å²) in [4.78, 5) is 19.8. The fourth-order valence-electron chi connectivity index (χ4n) is 5.81. The average molecular weight is 370 g/mol. The Bertz CT molecular complexity index is 653. The highest BCUT2D eigenvalue weighted by molar-refractivity contribution is 5.74. The van der Waals surface area contributed by atoms with Crippen molar-refractivity contribution in [2.45, 2.75) is 51.6 Å². The summed E-state index contributed by atoms with van der Waals surface area (Å²) in [5, 5.41) is 0. The van der Waals surface area contributed by atoms with Crippen molar-refractivity contribution in [1.29, 1.82) is 0 Å². The van der Waals surface area contributed by atoms with Gasteiger partial charge in [0, 0.05) is 44.6 Å². The number of piperidine rings is 1. The van der Waals surface area contributed by atoms with E-state index in [4.69, 9.17) is 0 Å². The van der Waals surface area contributed by atoms with Crippen molar-refractivity contribution >= 4 is 5.91 Å². The molecule has 148 valence electrons. The summed E-state index contributed by atoms with van der Waals surface area (Å²) < 4.78 is 0. The first kappa shape index (κ1) is 18.9. The highest BCUT2D eigenvalue weighted by Crippen LogP contribution is 2.45. The van der Waals surface area contributed by atoms with Crippen LogP contribution in [0.25, 0.3) is 0 Å². The van der Waals surface area contributed by atoms with Gasteiger partial charge >= 0.3 is 0 Å². The van der Waals surface area contributed by atoms with Crippen LogP contribution in [0.3, 0.4) is 0 Å². The monoisotopic (exact) mass is 369 g/mol. The van der Waals surface area contributed by atoms with Crippen molar-refractivity contribution in [1.82, 2.24) is 14.7 Å². The summed E-state index contributed by atoms with van der Waals surface area (Å²) in [5.74, 6) is 1.39. The smallest absolute Gasteiger partial charge is 0.219 e. The summed E-state index contributed by atoms with van der Waals surface area (Å²) in [6, 6.07) is 10.9. The van der Waals surface area contributed by atoms with Gasteiger partial charge in [-0.05, 0) is 51.3 Å². The van der Waals surface area contributed by atoms with E-state index in [0.717, 1.165) is 26.2 Å². The van der Waals surface area contributed by atoms with E-state index in [1.165, 1.54) is 37.9 Å². The summed E-state index contributed by atoms with van der Waals surface area (Å²) in [5.41, 5.74) is 1.54.